The van der Waals surface area contributed by atoms with E-state index >= 15 is 0 Å². The number of carbonyl (C=O) groups is 1. The van der Waals surface area contributed by atoms with Crippen LogP contribution in [0.1, 0.15) is 30.0 Å². The molecule has 4 nitrogen and oxygen atoms in total. The molecule has 0 aliphatic carbocycles. The lowest BCUT2D eigenvalue weighted by Crippen LogP contribution is -2.07. The number of nitriles is 1. The average Bonchev–Trinajstić information content (AvgIpc) is 3.23. The second-order valence-electron chi connectivity index (χ2n) is 6.65. The van der Waals surface area contributed by atoms with Crippen molar-refractivity contribution >= 4 is 56.2 Å². The van der Waals surface area contributed by atoms with Crippen molar-refractivity contribution in [2.45, 2.75) is 35.1 Å². The van der Waals surface area contributed by atoms with Crippen molar-refractivity contribution < 1.29 is 9.53 Å². The van der Waals surface area contributed by atoms with Crippen molar-refractivity contribution in [2.75, 3.05) is 7.11 Å². The highest BCUT2D eigenvalue weighted by molar-refractivity contribution is 9.10. The zero-order valence-electron chi connectivity index (χ0n) is 15.0. The summed E-state index contributed by atoms with van der Waals surface area (Å²) in [7, 11) is 1.42. The van der Waals surface area contributed by atoms with Crippen LogP contribution in [0.3, 0.4) is 0 Å². The molecule has 0 bridgehead atoms. The van der Waals surface area contributed by atoms with Gasteiger partial charge in [-0.2, -0.15) is 5.26 Å². The fourth-order valence-electron chi connectivity index (χ4n) is 3.75. The molecule has 7 heteroatoms. The zero-order valence-corrected chi connectivity index (χ0v) is 18.2. The van der Waals surface area contributed by atoms with Crippen molar-refractivity contribution in [3.8, 4) is 6.07 Å². The van der Waals surface area contributed by atoms with Crippen LogP contribution in [0.15, 0.2) is 50.7 Å². The van der Waals surface area contributed by atoms with Crippen LogP contribution in [-0.2, 0) is 16.1 Å². The monoisotopic (exact) mass is 474 g/mol. The van der Waals surface area contributed by atoms with E-state index in [0.717, 1.165) is 43.8 Å². The SMILES string of the molecule is COC(=O)CC1CCn2c1c(Sc1ccc(Cl)cc1)c1c(Br)cc(C#N)cc12. The van der Waals surface area contributed by atoms with Gasteiger partial charge in [0.15, 0.2) is 0 Å². The number of esters is 1. The number of aromatic nitrogens is 1. The summed E-state index contributed by atoms with van der Waals surface area (Å²) in [5, 5.41) is 11.1. The fraction of sp³-hybridized carbons (Fsp3) is 0.238. The van der Waals surface area contributed by atoms with E-state index in [1.54, 1.807) is 11.8 Å². The van der Waals surface area contributed by atoms with Gasteiger partial charge in [-0.05, 0) is 42.8 Å². The van der Waals surface area contributed by atoms with Gasteiger partial charge in [-0.25, -0.2) is 0 Å². The van der Waals surface area contributed by atoms with Gasteiger partial charge in [-0.1, -0.05) is 39.3 Å². The first-order valence-electron chi connectivity index (χ1n) is 8.77. The highest BCUT2D eigenvalue weighted by atomic mass is 79.9. The minimum absolute atomic E-state index is 0.0899. The summed E-state index contributed by atoms with van der Waals surface area (Å²) in [6, 6.07) is 13.7. The van der Waals surface area contributed by atoms with Crippen molar-refractivity contribution in [1.82, 2.24) is 4.57 Å². The van der Waals surface area contributed by atoms with E-state index in [1.165, 1.54) is 7.11 Å². The number of benzene rings is 2. The van der Waals surface area contributed by atoms with Gasteiger partial charge in [0.25, 0.3) is 0 Å². The molecule has 0 fully saturated rings. The van der Waals surface area contributed by atoms with E-state index in [9.17, 15) is 10.1 Å². The van der Waals surface area contributed by atoms with Gasteiger partial charge in [0.05, 0.1) is 30.7 Å². The number of methoxy groups -OCH3 is 1. The summed E-state index contributed by atoms with van der Waals surface area (Å²) in [6.07, 6.45) is 1.23. The summed E-state index contributed by atoms with van der Waals surface area (Å²) in [5.41, 5.74) is 2.76. The molecule has 2 heterocycles. The van der Waals surface area contributed by atoms with Gasteiger partial charge in [0, 0.05) is 42.8 Å². The lowest BCUT2D eigenvalue weighted by atomic mass is 10.00. The van der Waals surface area contributed by atoms with Gasteiger partial charge < -0.3 is 9.30 Å². The predicted octanol–water partition coefficient (Wildman–Crippen LogP) is 6.13. The Kier molecular flexibility index (Phi) is 5.42. The number of halogens is 2. The Bertz CT molecular complexity index is 1120. The lowest BCUT2D eigenvalue weighted by molar-refractivity contribution is -0.141. The first-order valence-corrected chi connectivity index (χ1v) is 10.8. The molecule has 0 radical (unpaired) electrons. The van der Waals surface area contributed by atoms with E-state index in [4.69, 9.17) is 16.3 Å². The van der Waals surface area contributed by atoms with Crippen LogP contribution in [-0.4, -0.2) is 17.6 Å². The molecule has 1 aromatic heterocycles. The van der Waals surface area contributed by atoms with Crippen LogP contribution in [0.4, 0.5) is 0 Å². The van der Waals surface area contributed by atoms with E-state index in [2.05, 4.69) is 26.6 Å². The number of hydrogen-bond acceptors (Lipinski definition) is 4. The van der Waals surface area contributed by atoms with E-state index in [1.807, 2.05) is 36.4 Å². The normalized spacial score (nSPS) is 15.4. The molecular weight excluding hydrogens is 460 g/mol. The number of aryl methyl sites for hydroxylation is 1. The van der Waals surface area contributed by atoms with Gasteiger partial charge >= 0.3 is 5.97 Å². The van der Waals surface area contributed by atoms with Crippen molar-refractivity contribution in [2.24, 2.45) is 0 Å². The number of ether oxygens (including phenoxy) is 1. The van der Waals surface area contributed by atoms with Crippen LogP contribution in [0.25, 0.3) is 10.9 Å². The molecule has 28 heavy (non-hydrogen) atoms. The third-order valence-corrected chi connectivity index (χ3v) is 7.00. The molecule has 1 unspecified atom stereocenters. The first-order chi connectivity index (χ1) is 13.5. The Labute approximate surface area is 180 Å². The second kappa shape index (κ2) is 7.82. The Hall–Kier alpha value is -1.94. The topological polar surface area (TPSA) is 55.0 Å². The molecule has 1 atom stereocenters. The molecule has 1 aliphatic heterocycles. The third kappa shape index (κ3) is 3.43. The maximum absolute atomic E-state index is 12.0. The minimum Gasteiger partial charge on any atom is -0.469 e. The second-order valence-corrected chi connectivity index (χ2v) is 9.03. The summed E-state index contributed by atoms with van der Waals surface area (Å²) >= 11 is 11.4. The molecule has 0 amide bonds. The maximum atomic E-state index is 12.0. The van der Waals surface area contributed by atoms with Crippen molar-refractivity contribution in [1.29, 1.82) is 5.26 Å². The predicted molar refractivity (Wildman–Crippen MR) is 114 cm³/mol. The van der Waals surface area contributed by atoms with Crippen LogP contribution < -0.4 is 0 Å². The number of carbonyl (C=O) groups excluding carboxylic acids is 1. The highest BCUT2D eigenvalue weighted by Gasteiger charge is 2.32. The minimum atomic E-state index is -0.206. The molecule has 4 rings (SSSR count). The van der Waals surface area contributed by atoms with Crippen LogP contribution in [0, 0.1) is 11.3 Å². The van der Waals surface area contributed by atoms with E-state index in [-0.39, 0.29) is 11.9 Å². The van der Waals surface area contributed by atoms with Crippen molar-refractivity contribution in [3.63, 3.8) is 0 Å². The smallest absolute Gasteiger partial charge is 0.306 e. The highest BCUT2D eigenvalue weighted by Crippen LogP contribution is 2.49. The van der Waals surface area contributed by atoms with Crippen molar-refractivity contribution in [3.05, 3.63) is 57.2 Å². The Balaban J connectivity index is 1.90. The quantitative estimate of drug-likeness (QED) is 0.426. The standard InChI is InChI=1S/C21H16BrClN2O2S/c1-27-18(26)10-13-6-7-25-17-9-12(11-24)8-16(22)19(17)21(20(13)25)28-15-4-2-14(23)3-5-15/h2-5,8-9,13H,6-7,10H2,1H3. The summed E-state index contributed by atoms with van der Waals surface area (Å²) in [4.78, 5) is 14.1. The zero-order chi connectivity index (χ0) is 19.8. The molecule has 0 saturated heterocycles. The largest absolute Gasteiger partial charge is 0.469 e. The average molecular weight is 476 g/mol. The van der Waals surface area contributed by atoms with Gasteiger partial charge in [0.1, 0.15) is 0 Å². The maximum Gasteiger partial charge on any atom is 0.306 e. The Morgan fingerprint density at radius 2 is 2.14 bits per heavy atom. The number of rotatable bonds is 4. The molecule has 0 saturated carbocycles. The van der Waals surface area contributed by atoms with Crippen LogP contribution in [0.5, 0.6) is 0 Å². The van der Waals surface area contributed by atoms with Gasteiger partial charge in [0.2, 0.25) is 0 Å². The van der Waals surface area contributed by atoms with Gasteiger partial charge in [-0.15, -0.1) is 0 Å². The molecule has 0 spiro atoms. The summed E-state index contributed by atoms with van der Waals surface area (Å²) < 4.78 is 8.04. The Morgan fingerprint density at radius 3 is 2.82 bits per heavy atom. The van der Waals surface area contributed by atoms with Crippen LogP contribution >= 0.6 is 39.3 Å². The number of nitrogens with zero attached hydrogens (tertiary/aromatic N) is 2. The molecule has 3 aromatic rings. The lowest BCUT2D eigenvalue weighted by Gasteiger charge is -2.12. The number of hydrogen-bond donors (Lipinski definition) is 0. The molecule has 0 N–H and O–H groups in total. The molecule has 2 aromatic carbocycles. The van der Waals surface area contributed by atoms with Crippen LogP contribution in [0.2, 0.25) is 5.02 Å². The Morgan fingerprint density at radius 1 is 1.39 bits per heavy atom. The summed E-state index contributed by atoms with van der Waals surface area (Å²) in [5.74, 6) is -0.116. The third-order valence-electron chi connectivity index (χ3n) is 5.00. The van der Waals surface area contributed by atoms with Gasteiger partial charge in [-0.3, -0.25) is 4.79 Å². The first kappa shape index (κ1) is 19.4. The summed E-state index contributed by atoms with van der Waals surface area (Å²) in [6.45, 7) is 0.815. The molecule has 1 aliphatic rings. The molecular formula is C21H16BrClN2O2S. The number of fused-ring (bicyclic) bond motifs is 3. The molecule has 142 valence electrons. The fourth-order valence-corrected chi connectivity index (χ4v) is 5.86. The van der Waals surface area contributed by atoms with E-state index < -0.39 is 0 Å². The van der Waals surface area contributed by atoms with E-state index in [0.29, 0.717) is 17.0 Å².